The summed E-state index contributed by atoms with van der Waals surface area (Å²) in [4.78, 5) is 18.1. The zero-order valence-corrected chi connectivity index (χ0v) is 20.7. The Morgan fingerprint density at radius 2 is 1.89 bits per heavy atom. The van der Waals surface area contributed by atoms with Crippen molar-refractivity contribution >= 4 is 39.9 Å². The smallest absolute Gasteiger partial charge is 0.404 e. The number of piperidine rings is 1. The molecule has 4 aromatic rings. The minimum atomic E-state index is -0.972. The van der Waals surface area contributed by atoms with Crippen LogP contribution in [0.25, 0.3) is 16.6 Å². The van der Waals surface area contributed by atoms with Crippen LogP contribution in [-0.2, 0) is 11.8 Å². The minimum Gasteiger partial charge on any atom is -0.465 e. The van der Waals surface area contributed by atoms with Crippen molar-refractivity contribution in [3.8, 4) is 0 Å². The van der Waals surface area contributed by atoms with Crippen molar-refractivity contribution in [2.24, 2.45) is 0 Å². The molecule has 4 heterocycles. The third kappa shape index (κ3) is 4.73. The second-order valence-electron chi connectivity index (χ2n) is 10.1. The lowest BCUT2D eigenvalue weighted by molar-refractivity contribution is 0.187. The van der Waals surface area contributed by atoms with Crippen LogP contribution in [0.4, 0.5) is 10.5 Å². The molecule has 0 bridgehead atoms. The molecule has 35 heavy (non-hydrogen) atoms. The predicted octanol–water partition coefficient (Wildman–Crippen LogP) is 4.45. The summed E-state index contributed by atoms with van der Waals surface area (Å²) in [7, 11) is 0. The number of nitrogens with one attached hydrogen (secondary N) is 1. The number of aromatic nitrogens is 5. The lowest BCUT2D eigenvalue weighted by atomic mass is 9.96. The van der Waals surface area contributed by atoms with Crippen LogP contribution in [0.1, 0.15) is 50.7 Å². The largest absolute Gasteiger partial charge is 0.465 e. The molecule has 0 atom stereocenters. The second-order valence-corrected chi connectivity index (χ2v) is 10.5. The fourth-order valence-corrected chi connectivity index (χ4v) is 4.70. The average molecular weight is 494 g/mol. The molecule has 5 rings (SSSR count). The fraction of sp³-hybridized carbons (Fsp3) is 0.400. The Balaban J connectivity index is 1.58. The first-order valence-corrected chi connectivity index (χ1v) is 12.1. The van der Waals surface area contributed by atoms with Crippen molar-refractivity contribution in [3.63, 3.8) is 0 Å². The zero-order valence-electron chi connectivity index (χ0n) is 20.0. The SMILES string of the molecule is CC(C)(C)c1nnc2c3ncc(N4CCC(NC(=O)O)CC4)cc3c(Cc3ccc(Cl)cc3)nn12. The zero-order chi connectivity index (χ0) is 24.7. The number of halogens is 1. The third-order valence-electron chi connectivity index (χ3n) is 6.40. The molecule has 0 saturated carbocycles. The van der Waals surface area contributed by atoms with Gasteiger partial charge in [0.1, 0.15) is 5.52 Å². The number of rotatable bonds is 4. The molecule has 1 aromatic carbocycles. The van der Waals surface area contributed by atoms with Gasteiger partial charge in [-0.05, 0) is 36.6 Å². The predicted molar refractivity (Wildman–Crippen MR) is 135 cm³/mol. The van der Waals surface area contributed by atoms with Crippen LogP contribution >= 0.6 is 11.6 Å². The van der Waals surface area contributed by atoms with Gasteiger partial charge in [0.25, 0.3) is 0 Å². The van der Waals surface area contributed by atoms with Gasteiger partial charge in [-0.3, -0.25) is 0 Å². The van der Waals surface area contributed by atoms with Crippen molar-refractivity contribution in [2.75, 3.05) is 18.0 Å². The normalized spacial score (nSPS) is 15.1. The Morgan fingerprint density at radius 3 is 2.54 bits per heavy atom. The number of hydrogen-bond acceptors (Lipinski definition) is 6. The van der Waals surface area contributed by atoms with Gasteiger partial charge in [0.05, 0.1) is 17.6 Å². The van der Waals surface area contributed by atoms with E-state index in [1.807, 2.05) is 35.0 Å². The molecule has 0 spiro atoms. The Labute approximate surface area is 208 Å². The first-order chi connectivity index (χ1) is 16.7. The lowest BCUT2D eigenvalue weighted by Gasteiger charge is -2.33. The lowest BCUT2D eigenvalue weighted by Crippen LogP contribution is -2.44. The number of hydrogen-bond donors (Lipinski definition) is 2. The van der Waals surface area contributed by atoms with Crippen molar-refractivity contribution < 1.29 is 9.90 Å². The van der Waals surface area contributed by atoms with Gasteiger partial charge in [-0.15, -0.1) is 10.2 Å². The van der Waals surface area contributed by atoms with Gasteiger partial charge >= 0.3 is 6.09 Å². The van der Waals surface area contributed by atoms with E-state index in [0.717, 1.165) is 59.6 Å². The highest BCUT2D eigenvalue weighted by Gasteiger charge is 2.26. The van der Waals surface area contributed by atoms with Crippen LogP contribution in [0.5, 0.6) is 0 Å². The van der Waals surface area contributed by atoms with Gasteiger partial charge in [0.15, 0.2) is 5.82 Å². The molecule has 9 nitrogen and oxygen atoms in total. The van der Waals surface area contributed by atoms with E-state index in [2.05, 4.69) is 47.3 Å². The summed E-state index contributed by atoms with van der Waals surface area (Å²) in [6.45, 7) is 7.77. The summed E-state index contributed by atoms with van der Waals surface area (Å²) in [5.41, 5.74) is 4.14. The highest BCUT2D eigenvalue weighted by Crippen LogP contribution is 2.30. The molecular weight excluding hydrogens is 466 g/mol. The first kappa shape index (κ1) is 23.3. The number of nitrogens with zero attached hydrogens (tertiary/aromatic N) is 6. The Bertz CT molecular complexity index is 1390. The Hall–Kier alpha value is -3.46. The number of anilines is 1. The summed E-state index contributed by atoms with van der Waals surface area (Å²) in [5.74, 6) is 0.783. The van der Waals surface area contributed by atoms with E-state index in [4.69, 9.17) is 26.8 Å². The summed E-state index contributed by atoms with van der Waals surface area (Å²) >= 11 is 6.10. The van der Waals surface area contributed by atoms with Gasteiger partial charge in [-0.1, -0.05) is 44.5 Å². The highest BCUT2D eigenvalue weighted by molar-refractivity contribution is 6.30. The van der Waals surface area contributed by atoms with Crippen molar-refractivity contribution in [2.45, 2.75) is 51.5 Å². The molecule has 1 fully saturated rings. The second kappa shape index (κ2) is 8.96. The first-order valence-electron chi connectivity index (χ1n) is 11.7. The molecule has 3 aromatic heterocycles. The van der Waals surface area contributed by atoms with E-state index in [1.54, 1.807) is 0 Å². The van der Waals surface area contributed by atoms with Crippen LogP contribution in [0.2, 0.25) is 5.02 Å². The molecule has 0 radical (unpaired) electrons. The van der Waals surface area contributed by atoms with Crippen LogP contribution in [0.3, 0.4) is 0 Å². The van der Waals surface area contributed by atoms with Gasteiger partial charge in [0, 0.05) is 41.4 Å². The number of amides is 1. The summed E-state index contributed by atoms with van der Waals surface area (Å²) in [5, 5.41) is 27.1. The molecule has 1 saturated heterocycles. The summed E-state index contributed by atoms with van der Waals surface area (Å²) < 4.78 is 1.82. The standard InChI is InChI=1S/C25H28ClN7O2/c1-25(2,3)23-30-29-22-21-19(20(31-33(22)23)12-15-4-6-16(26)7-5-15)13-18(14-27-21)32-10-8-17(9-11-32)28-24(34)35/h4-7,13-14,17,28H,8-12H2,1-3H3,(H,34,35). The third-order valence-corrected chi connectivity index (χ3v) is 6.65. The average Bonchev–Trinajstić information content (AvgIpc) is 3.25. The quantitative estimate of drug-likeness (QED) is 0.432. The maximum atomic E-state index is 11.0. The summed E-state index contributed by atoms with van der Waals surface area (Å²) in [6, 6.07) is 9.89. The van der Waals surface area contributed by atoms with Gasteiger partial charge in [-0.2, -0.15) is 9.61 Å². The molecule has 1 aliphatic heterocycles. The molecular formula is C25H28ClN7O2. The fourth-order valence-electron chi connectivity index (χ4n) is 4.57. The van der Waals surface area contributed by atoms with Crippen LogP contribution in [0, 0.1) is 0 Å². The topological polar surface area (TPSA) is 109 Å². The van der Waals surface area contributed by atoms with Gasteiger partial charge in [-0.25, -0.2) is 9.78 Å². The monoisotopic (exact) mass is 493 g/mol. The van der Waals surface area contributed by atoms with E-state index in [9.17, 15) is 4.79 Å². The molecule has 182 valence electrons. The van der Waals surface area contributed by atoms with Crippen molar-refractivity contribution in [1.82, 2.24) is 30.1 Å². The molecule has 1 aliphatic rings. The number of carboxylic acid groups (broad SMARTS) is 1. The molecule has 0 aliphatic carbocycles. The maximum Gasteiger partial charge on any atom is 0.404 e. The van der Waals surface area contributed by atoms with E-state index in [0.29, 0.717) is 17.1 Å². The van der Waals surface area contributed by atoms with E-state index in [-0.39, 0.29) is 11.5 Å². The van der Waals surface area contributed by atoms with Crippen molar-refractivity contribution in [3.05, 3.63) is 58.6 Å². The van der Waals surface area contributed by atoms with Crippen LogP contribution in [-0.4, -0.2) is 55.1 Å². The minimum absolute atomic E-state index is 0.0225. The Morgan fingerprint density at radius 1 is 1.17 bits per heavy atom. The number of carbonyl (C=O) groups is 1. The van der Waals surface area contributed by atoms with E-state index >= 15 is 0 Å². The molecule has 2 N–H and O–H groups in total. The number of benzene rings is 1. The van der Waals surface area contributed by atoms with Crippen LogP contribution in [0.15, 0.2) is 36.5 Å². The van der Waals surface area contributed by atoms with Crippen LogP contribution < -0.4 is 10.2 Å². The number of fused-ring (bicyclic) bond motifs is 3. The molecule has 0 unspecified atom stereocenters. The summed E-state index contributed by atoms with van der Waals surface area (Å²) in [6.07, 6.45) is 3.00. The number of pyridine rings is 1. The van der Waals surface area contributed by atoms with Crippen molar-refractivity contribution in [1.29, 1.82) is 0 Å². The highest BCUT2D eigenvalue weighted by atomic mass is 35.5. The molecule has 1 amide bonds. The van der Waals surface area contributed by atoms with Gasteiger partial charge in [0.2, 0.25) is 5.65 Å². The van der Waals surface area contributed by atoms with Gasteiger partial charge < -0.3 is 15.3 Å². The molecule has 10 heteroatoms. The Kier molecular flexibility index (Phi) is 5.96. The maximum absolute atomic E-state index is 11.0. The van der Waals surface area contributed by atoms with E-state index in [1.165, 1.54) is 0 Å². The van der Waals surface area contributed by atoms with E-state index < -0.39 is 6.09 Å².